The number of aromatic amines is 1. The standard InChI is InChI=1S/C18H17F3N4O/c1-12-3-4-13-10-14(11-22)16(23-15(13)9-12)24-5-2-6-25(8-7-24)17(26)18(19,20)21/h3-4,9-10H,2,5-8H2,1H3/p+1. The van der Waals surface area contributed by atoms with Gasteiger partial charge in [-0.3, -0.25) is 9.69 Å². The number of amides is 1. The van der Waals surface area contributed by atoms with Crippen LogP contribution in [0.4, 0.5) is 19.0 Å². The van der Waals surface area contributed by atoms with E-state index in [0.717, 1.165) is 21.4 Å². The van der Waals surface area contributed by atoms with Crippen molar-refractivity contribution in [2.24, 2.45) is 0 Å². The third-order valence-electron chi connectivity index (χ3n) is 4.48. The zero-order chi connectivity index (χ0) is 18.9. The molecule has 1 fully saturated rings. The lowest BCUT2D eigenvalue weighted by Gasteiger charge is -2.21. The molecule has 1 aliphatic heterocycles. The van der Waals surface area contributed by atoms with E-state index < -0.39 is 12.1 Å². The number of hydrogen-bond donors (Lipinski definition) is 0. The molecule has 1 aromatic carbocycles. The summed E-state index contributed by atoms with van der Waals surface area (Å²) in [6, 6.07) is 9.73. The molecule has 3 rings (SSSR count). The van der Waals surface area contributed by atoms with Gasteiger partial charge >= 0.3 is 12.1 Å². The number of nitrogens with one attached hydrogen (secondary N) is 1. The number of H-pyrrole nitrogens is 1. The molecule has 1 N–H and O–H groups in total. The summed E-state index contributed by atoms with van der Waals surface area (Å²) in [6.45, 7) is 2.65. The number of anilines is 1. The third-order valence-corrected chi connectivity index (χ3v) is 4.48. The predicted octanol–water partition coefficient (Wildman–Crippen LogP) is 2.44. The van der Waals surface area contributed by atoms with Crippen LogP contribution in [0.15, 0.2) is 24.3 Å². The van der Waals surface area contributed by atoms with Gasteiger partial charge in [0.15, 0.2) is 0 Å². The molecule has 8 heteroatoms. The average molecular weight is 363 g/mol. The zero-order valence-electron chi connectivity index (χ0n) is 14.2. The number of fused-ring (bicyclic) bond motifs is 1. The van der Waals surface area contributed by atoms with Crippen molar-refractivity contribution in [2.75, 3.05) is 31.1 Å². The van der Waals surface area contributed by atoms with E-state index in [-0.39, 0.29) is 19.6 Å². The van der Waals surface area contributed by atoms with Gasteiger partial charge in [-0.05, 0) is 24.6 Å². The van der Waals surface area contributed by atoms with Gasteiger partial charge in [0.25, 0.3) is 5.82 Å². The number of pyridine rings is 1. The molecular formula is C18H18F3N4O+. The summed E-state index contributed by atoms with van der Waals surface area (Å²) in [7, 11) is 0. The fourth-order valence-electron chi connectivity index (χ4n) is 3.18. The molecule has 0 radical (unpaired) electrons. The Kier molecular flexibility index (Phi) is 4.72. The van der Waals surface area contributed by atoms with Gasteiger partial charge in [0, 0.05) is 18.4 Å². The Balaban J connectivity index is 1.89. The summed E-state index contributed by atoms with van der Waals surface area (Å²) in [5.74, 6) is -1.23. The maximum Gasteiger partial charge on any atom is 0.471 e. The van der Waals surface area contributed by atoms with Gasteiger partial charge in [0.05, 0.1) is 13.1 Å². The van der Waals surface area contributed by atoms with Crippen LogP contribution in [0, 0.1) is 18.3 Å². The Bertz CT molecular complexity index is 888. The highest BCUT2D eigenvalue weighted by molar-refractivity contribution is 5.82. The van der Waals surface area contributed by atoms with Gasteiger partial charge < -0.3 is 4.90 Å². The highest BCUT2D eigenvalue weighted by Crippen LogP contribution is 2.23. The molecule has 2 heterocycles. The van der Waals surface area contributed by atoms with E-state index in [9.17, 15) is 23.2 Å². The van der Waals surface area contributed by atoms with Crippen LogP contribution in [-0.4, -0.2) is 43.2 Å². The molecule has 1 aliphatic rings. The summed E-state index contributed by atoms with van der Waals surface area (Å²) >= 11 is 0. The molecule has 0 aliphatic carbocycles. The Morgan fingerprint density at radius 2 is 1.96 bits per heavy atom. The van der Waals surface area contributed by atoms with Gasteiger partial charge in [-0.2, -0.15) is 18.4 Å². The van der Waals surface area contributed by atoms with Crippen molar-refractivity contribution in [1.82, 2.24) is 4.90 Å². The number of nitrogens with zero attached hydrogens (tertiary/aromatic N) is 3. The van der Waals surface area contributed by atoms with Crippen molar-refractivity contribution in [2.45, 2.75) is 19.5 Å². The van der Waals surface area contributed by atoms with E-state index >= 15 is 0 Å². The van der Waals surface area contributed by atoms with Crippen LogP contribution >= 0.6 is 0 Å². The molecule has 2 aromatic rings. The minimum absolute atomic E-state index is 0.0388. The second-order valence-electron chi connectivity index (χ2n) is 6.36. The summed E-state index contributed by atoms with van der Waals surface area (Å²) in [6.07, 6.45) is -4.47. The Hall–Kier alpha value is -2.82. The van der Waals surface area contributed by atoms with Crippen molar-refractivity contribution in [3.63, 3.8) is 0 Å². The lowest BCUT2D eigenvalue weighted by Crippen LogP contribution is -2.43. The second kappa shape index (κ2) is 6.83. The van der Waals surface area contributed by atoms with Gasteiger partial charge in [-0.1, -0.05) is 12.1 Å². The number of carbonyl (C=O) groups excluding carboxylic acids is 1. The maximum atomic E-state index is 12.7. The van der Waals surface area contributed by atoms with Gasteiger partial charge in [-0.25, -0.2) is 4.98 Å². The fourth-order valence-corrected chi connectivity index (χ4v) is 3.18. The quantitative estimate of drug-likeness (QED) is 0.782. The molecule has 26 heavy (non-hydrogen) atoms. The predicted molar refractivity (Wildman–Crippen MR) is 89.4 cm³/mol. The number of aryl methyl sites for hydroxylation is 1. The van der Waals surface area contributed by atoms with Crippen molar-refractivity contribution < 1.29 is 22.9 Å². The second-order valence-corrected chi connectivity index (χ2v) is 6.36. The summed E-state index contributed by atoms with van der Waals surface area (Å²) in [4.78, 5) is 17.4. The van der Waals surface area contributed by atoms with Crippen molar-refractivity contribution in [3.05, 3.63) is 35.4 Å². The molecule has 0 bridgehead atoms. The summed E-state index contributed by atoms with van der Waals surface area (Å²) in [5.41, 5.74) is 2.34. The number of alkyl halides is 3. The minimum Gasteiger partial charge on any atom is -0.331 e. The van der Waals surface area contributed by atoms with Crippen LogP contribution in [0.2, 0.25) is 0 Å². The van der Waals surface area contributed by atoms with Crippen molar-refractivity contribution in [3.8, 4) is 6.07 Å². The van der Waals surface area contributed by atoms with E-state index in [4.69, 9.17) is 0 Å². The van der Waals surface area contributed by atoms with Crippen LogP contribution in [0.25, 0.3) is 10.9 Å². The van der Waals surface area contributed by atoms with E-state index in [1.807, 2.05) is 30.0 Å². The van der Waals surface area contributed by atoms with Crippen LogP contribution in [-0.2, 0) is 4.79 Å². The smallest absolute Gasteiger partial charge is 0.331 e. The number of benzene rings is 1. The van der Waals surface area contributed by atoms with Crippen LogP contribution in [0.3, 0.4) is 0 Å². The number of halogens is 3. The van der Waals surface area contributed by atoms with Crippen LogP contribution < -0.4 is 9.88 Å². The topological polar surface area (TPSA) is 61.5 Å². The highest BCUT2D eigenvalue weighted by atomic mass is 19.4. The number of carbonyl (C=O) groups is 1. The third kappa shape index (κ3) is 3.57. The molecular weight excluding hydrogens is 345 g/mol. The monoisotopic (exact) mass is 363 g/mol. The van der Waals surface area contributed by atoms with E-state index in [1.165, 1.54) is 0 Å². The molecule has 1 aromatic heterocycles. The van der Waals surface area contributed by atoms with Gasteiger partial charge in [-0.15, -0.1) is 0 Å². The number of aromatic nitrogens is 1. The largest absolute Gasteiger partial charge is 0.471 e. The Morgan fingerprint density at radius 1 is 1.19 bits per heavy atom. The molecule has 0 saturated carbocycles. The molecule has 0 atom stereocenters. The highest BCUT2D eigenvalue weighted by Gasteiger charge is 2.43. The molecule has 1 amide bonds. The van der Waals surface area contributed by atoms with E-state index in [2.05, 4.69) is 11.1 Å². The SMILES string of the molecule is Cc1ccc2cc(C#N)c(N3CCCN(C(=O)C(F)(F)F)CC3)[nH+]c2c1. The minimum atomic E-state index is -4.86. The summed E-state index contributed by atoms with van der Waals surface area (Å²) in [5, 5.41) is 10.4. The van der Waals surface area contributed by atoms with Crippen molar-refractivity contribution >= 4 is 22.6 Å². The first kappa shape index (κ1) is 18.0. The van der Waals surface area contributed by atoms with Crippen LogP contribution in [0.5, 0.6) is 0 Å². The molecule has 5 nitrogen and oxygen atoms in total. The normalized spacial score (nSPS) is 15.7. The van der Waals surface area contributed by atoms with Gasteiger partial charge in [0.1, 0.15) is 23.7 Å². The fraction of sp³-hybridized carbons (Fsp3) is 0.389. The first-order valence-corrected chi connectivity index (χ1v) is 8.27. The lowest BCUT2D eigenvalue weighted by molar-refractivity contribution is -0.330. The lowest BCUT2D eigenvalue weighted by atomic mass is 10.1. The number of hydrogen-bond acceptors (Lipinski definition) is 3. The first-order valence-electron chi connectivity index (χ1n) is 8.27. The van der Waals surface area contributed by atoms with Gasteiger partial charge in [0.2, 0.25) is 0 Å². The van der Waals surface area contributed by atoms with E-state index in [0.29, 0.717) is 24.3 Å². The number of nitriles is 1. The molecule has 0 spiro atoms. The first-order chi connectivity index (χ1) is 12.3. The molecule has 0 unspecified atom stereocenters. The molecule has 136 valence electrons. The maximum absolute atomic E-state index is 12.7. The number of rotatable bonds is 1. The average Bonchev–Trinajstić information content (AvgIpc) is 2.85. The molecule has 1 saturated heterocycles. The van der Waals surface area contributed by atoms with E-state index in [1.54, 1.807) is 6.07 Å². The Morgan fingerprint density at radius 3 is 2.65 bits per heavy atom. The Labute approximate surface area is 148 Å². The van der Waals surface area contributed by atoms with Crippen LogP contribution in [0.1, 0.15) is 17.5 Å². The summed E-state index contributed by atoms with van der Waals surface area (Å²) < 4.78 is 38.0. The van der Waals surface area contributed by atoms with Crippen molar-refractivity contribution in [1.29, 1.82) is 5.26 Å². The zero-order valence-corrected chi connectivity index (χ0v) is 14.2.